The molecule has 37 heavy (non-hydrogen) atoms. The first-order valence-electron chi connectivity index (χ1n) is 13.7. The molecule has 1 heterocycles. The molecule has 1 saturated heterocycles. The zero-order valence-corrected chi connectivity index (χ0v) is 23.4. The Morgan fingerprint density at radius 2 is 1.68 bits per heavy atom. The fourth-order valence-electron chi connectivity index (χ4n) is 6.35. The van der Waals surface area contributed by atoms with E-state index >= 15 is 0 Å². The molecule has 0 bridgehead atoms. The summed E-state index contributed by atoms with van der Waals surface area (Å²) >= 11 is 12.5. The van der Waals surface area contributed by atoms with Gasteiger partial charge >= 0.3 is 6.03 Å². The van der Waals surface area contributed by atoms with Gasteiger partial charge in [-0.15, -0.1) is 0 Å². The first kappa shape index (κ1) is 27.8. The molecule has 1 N–H and O–H groups in total. The Morgan fingerprint density at radius 3 is 2.32 bits per heavy atom. The molecule has 5 rings (SSSR count). The van der Waals surface area contributed by atoms with Gasteiger partial charge in [0, 0.05) is 23.1 Å². The Kier molecular flexibility index (Phi) is 9.07. The fourth-order valence-corrected chi connectivity index (χ4v) is 6.86. The quantitative estimate of drug-likeness (QED) is 0.377. The van der Waals surface area contributed by atoms with Crippen LogP contribution in [0.3, 0.4) is 0 Å². The first-order chi connectivity index (χ1) is 17.9. The Hall–Kier alpha value is -2.24. The van der Waals surface area contributed by atoms with Crippen LogP contribution in [0.4, 0.5) is 4.79 Å². The van der Waals surface area contributed by atoms with Crippen molar-refractivity contribution in [2.45, 2.75) is 83.1 Å². The minimum Gasteiger partial charge on any atom is -0.508 e. The molecular formula is C30H38Cl2N2O3. The molecule has 200 valence electrons. The van der Waals surface area contributed by atoms with Crippen LogP contribution >= 0.6 is 23.2 Å². The number of carbonyl (C=O) groups is 2. The van der Waals surface area contributed by atoms with Gasteiger partial charge in [0.2, 0.25) is 0 Å². The van der Waals surface area contributed by atoms with Gasteiger partial charge in [0.1, 0.15) is 11.3 Å². The summed E-state index contributed by atoms with van der Waals surface area (Å²) in [6.07, 6.45) is 7.97. The summed E-state index contributed by atoms with van der Waals surface area (Å²) in [6.45, 7) is 4.98. The van der Waals surface area contributed by atoms with Gasteiger partial charge in [-0.05, 0) is 92.2 Å². The molecule has 3 amide bonds. The molecule has 2 saturated carbocycles. The van der Waals surface area contributed by atoms with Gasteiger partial charge in [0.15, 0.2) is 0 Å². The number of rotatable bonds is 6. The van der Waals surface area contributed by atoms with E-state index in [1.807, 2.05) is 49.1 Å². The summed E-state index contributed by atoms with van der Waals surface area (Å²) in [4.78, 5) is 31.0. The number of phenolic OH excluding ortho intramolecular Hbond substituents is 1. The second-order valence-electron chi connectivity index (χ2n) is 10.4. The van der Waals surface area contributed by atoms with Gasteiger partial charge in [-0.25, -0.2) is 4.79 Å². The molecule has 0 atom stereocenters. The third kappa shape index (κ3) is 5.78. The highest BCUT2D eigenvalue weighted by Gasteiger charge is 2.58. The van der Waals surface area contributed by atoms with E-state index in [-0.39, 0.29) is 23.6 Å². The number of amides is 3. The molecule has 5 nitrogen and oxygen atoms in total. The maximum absolute atomic E-state index is 13.9. The minimum atomic E-state index is -0.790. The van der Waals surface area contributed by atoms with Crippen molar-refractivity contribution in [2.24, 2.45) is 5.92 Å². The van der Waals surface area contributed by atoms with Crippen LogP contribution < -0.4 is 0 Å². The second kappa shape index (κ2) is 12.1. The summed E-state index contributed by atoms with van der Waals surface area (Å²) in [5, 5.41) is 11.1. The molecule has 3 aliphatic rings. The monoisotopic (exact) mass is 544 g/mol. The average molecular weight is 546 g/mol. The van der Waals surface area contributed by atoms with Crippen LogP contribution in [0, 0.1) is 5.92 Å². The lowest BCUT2D eigenvalue weighted by atomic mass is 9.73. The van der Waals surface area contributed by atoms with E-state index in [1.54, 1.807) is 17.0 Å². The van der Waals surface area contributed by atoms with E-state index in [0.29, 0.717) is 48.3 Å². The SMILES string of the molecule is CC.O=C1N(CC2CCCC2)C(=O)C2(CCC(c3cccc(O)c3)CC2)N1CCc1ccc(Cl)cc1Cl. The number of urea groups is 1. The standard InChI is InChI=1S/C28H32Cl2N2O3.C2H6/c29-23-9-8-21(25(30)17-23)12-15-32-27(35)31(18-19-4-1-2-5-19)26(34)28(32)13-10-20(11-14-28)22-6-3-7-24(33)16-22;1-2/h3,6-9,16-17,19-20,33H,1-2,4-5,10-15,18H2;1-2H3. The van der Waals surface area contributed by atoms with Gasteiger partial charge in [0.25, 0.3) is 5.91 Å². The van der Waals surface area contributed by atoms with Crippen LogP contribution in [0.1, 0.15) is 82.3 Å². The highest BCUT2D eigenvalue weighted by Crippen LogP contribution is 2.46. The predicted molar refractivity (Wildman–Crippen MR) is 149 cm³/mol. The van der Waals surface area contributed by atoms with E-state index in [1.165, 1.54) is 12.8 Å². The number of imide groups is 1. The largest absolute Gasteiger partial charge is 0.508 e. The molecule has 0 radical (unpaired) electrons. The van der Waals surface area contributed by atoms with Crippen molar-refractivity contribution < 1.29 is 14.7 Å². The van der Waals surface area contributed by atoms with Crippen molar-refractivity contribution in [3.63, 3.8) is 0 Å². The summed E-state index contributed by atoms with van der Waals surface area (Å²) < 4.78 is 0. The van der Waals surface area contributed by atoms with Crippen molar-refractivity contribution >= 4 is 35.1 Å². The Bertz CT molecular complexity index is 1110. The van der Waals surface area contributed by atoms with E-state index in [0.717, 1.165) is 36.8 Å². The van der Waals surface area contributed by atoms with E-state index in [9.17, 15) is 14.7 Å². The van der Waals surface area contributed by atoms with Crippen molar-refractivity contribution in [1.82, 2.24) is 9.80 Å². The maximum Gasteiger partial charge on any atom is 0.327 e. The van der Waals surface area contributed by atoms with E-state index < -0.39 is 5.54 Å². The zero-order chi connectivity index (χ0) is 26.6. The molecule has 1 spiro atoms. The molecule has 1 aliphatic heterocycles. The second-order valence-corrected chi connectivity index (χ2v) is 11.2. The highest BCUT2D eigenvalue weighted by molar-refractivity contribution is 6.35. The molecule has 7 heteroatoms. The van der Waals surface area contributed by atoms with Crippen LogP contribution in [0.5, 0.6) is 5.75 Å². The Labute approximate surface area is 230 Å². The third-order valence-electron chi connectivity index (χ3n) is 8.31. The van der Waals surface area contributed by atoms with Gasteiger partial charge in [-0.1, -0.05) is 68.1 Å². The van der Waals surface area contributed by atoms with Gasteiger partial charge in [-0.2, -0.15) is 0 Å². The zero-order valence-electron chi connectivity index (χ0n) is 21.9. The summed E-state index contributed by atoms with van der Waals surface area (Å²) in [5.74, 6) is 0.923. The van der Waals surface area contributed by atoms with Crippen molar-refractivity contribution in [3.05, 3.63) is 63.6 Å². The molecule has 2 aromatic rings. The lowest BCUT2D eigenvalue weighted by molar-refractivity contribution is -0.135. The van der Waals surface area contributed by atoms with E-state index in [2.05, 4.69) is 0 Å². The van der Waals surface area contributed by atoms with Crippen molar-refractivity contribution in [3.8, 4) is 5.75 Å². The predicted octanol–water partition coefficient (Wildman–Crippen LogP) is 7.82. The lowest BCUT2D eigenvalue weighted by Gasteiger charge is -2.41. The van der Waals surface area contributed by atoms with Gasteiger partial charge in [0.05, 0.1) is 0 Å². The lowest BCUT2D eigenvalue weighted by Crippen LogP contribution is -2.52. The van der Waals surface area contributed by atoms with Gasteiger partial charge in [-0.3, -0.25) is 9.69 Å². The van der Waals surface area contributed by atoms with Crippen LogP contribution in [0.2, 0.25) is 10.0 Å². The highest BCUT2D eigenvalue weighted by atomic mass is 35.5. The number of aromatic hydroxyl groups is 1. The number of benzene rings is 2. The van der Waals surface area contributed by atoms with E-state index in [4.69, 9.17) is 23.2 Å². The number of hydrogen-bond donors (Lipinski definition) is 1. The van der Waals surface area contributed by atoms with Crippen LogP contribution in [0.15, 0.2) is 42.5 Å². The topological polar surface area (TPSA) is 60.9 Å². The molecule has 2 aromatic carbocycles. The number of carbonyl (C=O) groups excluding carboxylic acids is 2. The number of hydrogen-bond acceptors (Lipinski definition) is 3. The fraction of sp³-hybridized carbons (Fsp3) is 0.533. The van der Waals surface area contributed by atoms with Crippen LogP contribution in [-0.2, 0) is 11.2 Å². The minimum absolute atomic E-state index is 0.0223. The number of halogens is 2. The number of phenols is 1. The molecule has 0 unspecified atom stereocenters. The van der Waals surface area contributed by atoms with Gasteiger partial charge < -0.3 is 10.0 Å². The molecule has 2 aliphatic carbocycles. The normalized spacial score (nSPS) is 24.1. The summed E-state index contributed by atoms with van der Waals surface area (Å²) in [7, 11) is 0. The summed E-state index contributed by atoms with van der Waals surface area (Å²) in [6, 6.07) is 12.7. The number of nitrogens with zero attached hydrogens (tertiary/aromatic N) is 2. The Morgan fingerprint density at radius 1 is 0.973 bits per heavy atom. The molecule has 3 fully saturated rings. The van der Waals surface area contributed by atoms with Crippen LogP contribution in [0.25, 0.3) is 0 Å². The maximum atomic E-state index is 13.9. The van der Waals surface area contributed by atoms with Crippen molar-refractivity contribution in [1.29, 1.82) is 0 Å². The smallest absolute Gasteiger partial charge is 0.327 e. The van der Waals surface area contributed by atoms with Crippen LogP contribution in [-0.4, -0.2) is 45.5 Å². The first-order valence-corrected chi connectivity index (χ1v) is 14.5. The average Bonchev–Trinajstić information content (AvgIpc) is 3.48. The Balaban J connectivity index is 0.00000156. The summed E-state index contributed by atoms with van der Waals surface area (Å²) in [5.41, 5.74) is 1.23. The molecular weight excluding hydrogens is 507 g/mol. The van der Waals surface area contributed by atoms with Crippen molar-refractivity contribution in [2.75, 3.05) is 13.1 Å². The third-order valence-corrected chi connectivity index (χ3v) is 8.90. The molecule has 0 aromatic heterocycles.